The predicted octanol–water partition coefficient (Wildman–Crippen LogP) is 3.09. The van der Waals surface area contributed by atoms with Crippen molar-refractivity contribution in [3.05, 3.63) is 59.4 Å². The predicted molar refractivity (Wildman–Crippen MR) is 114 cm³/mol. The Morgan fingerprint density at radius 2 is 1.93 bits per heavy atom. The van der Waals surface area contributed by atoms with E-state index in [-0.39, 0.29) is 29.9 Å². The number of hydrogen-bond acceptors (Lipinski definition) is 5. The molecule has 0 amide bonds. The SMILES string of the molecule is COc1cc(F)ccc1[C@@H](C)N[C@H]1CCC(c2ccc(S(=O)(=O)NCCO)cc2)C1. The molecular formula is C22H29FN2O4S. The molecule has 1 aliphatic rings. The summed E-state index contributed by atoms with van der Waals surface area (Å²) in [5, 5.41) is 12.4. The van der Waals surface area contributed by atoms with Crippen molar-refractivity contribution in [3.8, 4) is 5.75 Å². The Kier molecular flexibility index (Phi) is 7.46. The highest BCUT2D eigenvalue weighted by atomic mass is 32.2. The Balaban J connectivity index is 1.61. The molecule has 3 rings (SSSR count). The zero-order valence-corrected chi connectivity index (χ0v) is 18.1. The van der Waals surface area contributed by atoms with Gasteiger partial charge in [-0.1, -0.05) is 18.2 Å². The first-order valence-corrected chi connectivity index (χ1v) is 11.6. The Morgan fingerprint density at radius 1 is 1.20 bits per heavy atom. The van der Waals surface area contributed by atoms with Crippen molar-refractivity contribution < 1.29 is 22.7 Å². The summed E-state index contributed by atoms with van der Waals surface area (Å²) in [5.74, 6) is 0.573. The largest absolute Gasteiger partial charge is 0.496 e. The molecule has 0 heterocycles. The van der Waals surface area contributed by atoms with Gasteiger partial charge in [-0.25, -0.2) is 17.5 Å². The minimum Gasteiger partial charge on any atom is -0.496 e. The average molecular weight is 437 g/mol. The highest BCUT2D eigenvalue weighted by molar-refractivity contribution is 7.89. The van der Waals surface area contributed by atoms with Crippen molar-refractivity contribution in [2.45, 2.75) is 49.1 Å². The first-order valence-electron chi connectivity index (χ1n) is 10.1. The highest BCUT2D eigenvalue weighted by Crippen LogP contribution is 2.36. The van der Waals surface area contributed by atoms with Crippen LogP contribution in [0.2, 0.25) is 0 Å². The molecule has 6 nitrogen and oxygen atoms in total. The number of sulfonamides is 1. The third-order valence-electron chi connectivity index (χ3n) is 5.65. The summed E-state index contributed by atoms with van der Waals surface area (Å²) in [6, 6.07) is 11.9. The molecule has 0 aliphatic heterocycles. The van der Waals surface area contributed by atoms with Gasteiger partial charge in [-0.3, -0.25) is 0 Å². The van der Waals surface area contributed by atoms with Crippen LogP contribution in [0.15, 0.2) is 47.4 Å². The van der Waals surface area contributed by atoms with Crippen LogP contribution in [0.5, 0.6) is 5.75 Å². The molecule has 30 heavy (non-hydrogen) atoms. The maximum Gasteiger partial charge on any atom is 0.240 e. The minimum atomic E-state index is -3.59. The first-order chi connectivity index (χ1) is 14.3. The van der Waals surface area contributed by atoms with Crippen LogP contribution in [0.1, 0.15) is 49.3 Å². The number of halogens is 1. The Labute approximate surface area is 177 Å². The second-order valence-electron chi connectivity index (χ2n) is 7.67. The molecule has 164 valence electrons. The van der Waals surface area contributed by atoms with Crippen molar-refractivity contribution in [1.29, 1.82) is 0 Å². The molecule has 0 spiro atoms. The smallest absolute Gasteiger partial charge is 0.240 e. The molecule has 3 atom stereocenters. The van der Waals surface area contributed by atoms with Crippen LogP contribution in [0.25, 0.3) is 0 Å². The summed E-state index contributed by atoms with van der Waals surface area (Å²) in [7, 11) is -2.05. The lowest BCUT2D eigenvalue weighted by Gasteiger charge is -2.22. The van der Waals surface area contributed by atoms with Crippen molar-refractivity contribution in [2.24, 2.45) is 0 Å². The topological polar surface area (TPSA) is 87.7 Å². The number of benzene rings is 2. The van der Waals surface area contributed by atoms with E-state index in [2.05, 4.69) is 10.0 Å². The van der Waals surface area contributed by atoms with Gasteiger partial charge in [0, 0.05) is 30.3 Å². The molecule has 1 unspecified atom stereocenters. The van der Waals surface area contributed by atoms with Gasteiger partial charge in [0.1, 0.15) is 11.6 Å². The van der Waals surface area contributed by atoms with Crippen LogP contribution in [0, 0.1) is 5.82 Å². The van der Waals surface area contributed by atoms with E-state index in [0.717, 1.165) is 30.4 Å². The molecule has 1 aliphatic carbocycles. The van der Waals surface area contributed by atoms with Crippen LogP contribution < -0.4 is 14.8 Å². The Hall–Kier alpha value is -2.00. The van der Waals surface area contributed by atoms with E-state index < -0.39 is 10.0 Å². The fourth-order valence-electron chi connectivity index (χ4n) is 4.10. The average Bonchev–Trinajstić information content (AvgIpc) is 3.20. The van der Waals surface area contributed by atoms with E-state index in [1.165, 1.54) is 12.1 Å². The number of hydrogen-bond donors (Lipinski definition) is 3. The molecule has 3 N–H and O–H groups in total. The normalized spacial score (nSPS) is 20.3. The molecule has 1 saturated carbocycles. The fraction of sp³-hybridized carbons (Fsp3) is 0.455. The molecule has 8 heteroatoms. The molecule has 2 aromatic rings. The summed E-state index contributed by atoms with van der Waals surface area (Å²) >= 11 is 0. The molecule has 2 aromatic carbocycles. The van der Waals surface area contributed by atoms with E-state index in [9.17, 15) is 12.8 Å². The van der Waals surface area contributed by atoms with Crippen molar-refractivity contribution in [3.63, 3.8) is 0 Å². The highest BCUT2D eigenvalue weighted by Gasteiger charge is 2.28. The molecule has 0 bridgehead atoms. The van der Waals surface area contributed by atoms with Crippen molar-refractivity contribution in [2.75, 3.05) is 20.3 Å². The van der Waals surface area contributed by atoms with Gasteiger partial charge in [-0.15, -0.1) is 0 Å². The number of aliphatic hydroxyl groups excluding tert-OH is 1. The van der Waals surface area contributed by atoms with Crippen molar-refractivity contribution >= 4 is 10.0 Å². The summed E-state index contributed by atoms with van der Waals surface area (Å²) in [5.41, 5.74) is 2.04. The summed E-state index contributed by atoms with van der Waals surface area (Å²) in [6.07, 6.45) is 2.97. The van der Waals surface area contributed by atoms with Crippen LogP contribution in [0.3, 0.4) is 0 Å². The van der Waals surface area contributed by atoms with E-state index in [0.29, 0.717) is 17.7 Å². The van der Waals surface area contributed by atoms with E-state index in [1.54, 1.807) is 25.3 Å². The molecule has 1 fully saturated rings. The van der Waals surface area contributed by atoms with Crippen LogP contribution in [0.4, 0.5) is 4.39 Å². The molecule has 0 saturated heterocycles. The van der Waals surface area contributed by atoms with Gasteiger partial charge >= 0.3 is 0 Å². The van der Waals surface area contributed by atoms with Gasteiger partial charge in [0.2, 0.25) is 10.0 Å². The number of nitrogens with one attached hydrogen (secondary N) is 2. The van der Waals surface area contributed by atoms with Crippen LogP contribution in [-0.2, 0) is 10.0 Å². The quantitative estimate of drug-likeness (QED) is 0.562. The number of aliphatic hydroxyl groups is 1. The lowest BCUT2D eigenvalue weighted by molar-refractivity contribution is 0.301. The monoisotopic (exact) mass is 436 g/mol. The van der Waals surface area contributed by atoms with Crippen LogP contribution in [-0.4, -0.2) is 39.8 Å². The van der Waals surface area contributed by atoms with Gasteiger partial charge < -0.3 is 15.2 Å². The minimum absolute atomic E-state index is 0.00289. The van der Waals surface area contributed by atoms with Gasteiger partial charge in [-0.05, 0) is 55.9 Å². The van der Waals surface area contributed by atoms with Gasteiger partial charge in [-0.2, -0.15) is 0 Å². The summed E-state index contributed by atoms with van der Waals surface area (Å²) < 4.78 is 45.4. The van der Waals surface area contributed by atoms with Gasteiger partial charge in [0.25, 0.3) is 0 Å². The van der Waals surface area contributed by atoms with E-state index >= 15 is 0 Å². The van der Waals surface area contributed by atoms with Gasteiger partial charge in [0.05, 0.1) is 18.6 Å². The maximum absolute atomic E-state index is 13.5. The van der Waals surface area contributed by atoms with Crippen LogP contribution >= 0.6 is 0 Å². The first kappa shape index (κ1) is 22.7. The fourth-order valence-corrected chi connectivity index (χ4v) is 5.13. The second-order valence-corrected chi connectivity index (χ2v) is 9.44. The molecule has 0 aromatic heterocycles. The zero-order chi connectivity index (χ0) is 21.7. The Morgan fingerprint density at radius 3 is 2.60 bits per heavy atom. The summed E-state index contributed by atoms with van der Waals surface area (Å²) in [4.78, 5) is 0.199. The lowest BCUT2D eigenvalue weighted by Crippen LogP contribution is -2.29. The second kappa shape index (κ2) is 9.87. The maximum atomic E-state index is 13.5. The standard InChI is InChI=1S/C22H29FN2O4S/c1-15(21-10-6-18(23)14-22(21)29-2)25-19-7-3-17(13-19)16-4-8-20(9-5-16)30(27,28)24-11-12-26/h4-6,8-10,14-15,17,19,24-26H,3,7,11-13H2,1-2H3/t15-,17?,19+/m1/s1. The molecule has 0 radical (unpaired) electrons. The number of ether oxygens (including phenoxy) is 1. The number of methoxy groups -OCH3 is 1. The zero-order valence-electron chi connectivity index (χ0n) is 17.3. The van der Waals surface area contributed by atoms with Gasteiger partial charge in [0.15, 0.2) is 0 Å². The third-order valence-corrected chi connectivity index (χ3v) is 7.12. The number of rotatable bonds is 9. The van der Waals surface area contributed by atoms with E-state index in [4.69, 9.17) is 9.84 Å². The van der Waals surface area contributed by atoms with E-state index in [1.807, 2.05) is 19.1 Å². The lowest BCUT2D eigenvalue weighted by atomic mass is 9.97. The summed E-state index contributed by atoms with van der Waals surface area (Å²) in [6.45, 7) is 1.80. The Bertz CT molecular complexity index is 950. The third kappa shape index (κ3) is 5.37. The van der Waals surface area contributed by atoms with Crippen molar-refractivity contribution in [1.82, 2.24) is 10.0 Å². The molecular weight excluding hydrogens is 407 g/mol.